The molecule has 3 amide bonds. The number of hydrogen-bond acceptors (Lipinski definition) is 6. The molecule has 1 heterocycles. The number of rotatable bonds is 6. The first-order chi connectivity index (χ1) is 14.2. The van der Waals surface area contributed by atoms with E-state index in [2.05, 4.69) is 5.32 Å². The van der Waals surface area contributed by atoms with Gasteiger partial charge in [0.1, 0.15) is 5.75 Å². The Kier molecular flexibility index (Phi) is 6.06. The van der Waals surface area contributed by atoms with Crippen molar-refractivity contribution < 1.29 is 27.5 Å². The molecule has 1 aliphatic rings. The summed E-state index contributed by atoms with van der Waals surface area (Å²) >= 11 is 0. The molecule has 0 saturated carbocycles. The average Bonchev–Trinajstić information content (AvgIpc) is 3.09. The van der Waals surface area contributed by atoms with Gasteiger partial charge in [-0.1, -0.05) is 6.07 Å². The summed E-state index contributed by atoms with van der Waals surface area (Å²) in [5, 5.41) is 2.69. The highest BCUT2D eigenvalue weighted by Gasteiger charge is 2.35. The smallest absolute Gasteiger partial charge is 0.264 e. The minimum Gasteiger partial charge on any atom is -0.497 e. The van der Waals surface area contributed by atoms with E-state index in [1.807, 2.05) is 4.72 Å². The van der Waals surface area contributed by atoms with Crippen LogP contribution in [0.4, 0.5) is 11.4 Å². The molecule has 3 rings (SSSR count). The van der Waals surface area contributed by atoms with Crippen LogP contribution in [0.1, 0.15) is 13.3 Å². The number of ether oxygens (including phenoxy) is 1. The Morgan fingerprint density at radius 1 is 1.13 bits per heavy atom. The Labute approximate surface area is 174 Å². The van der Waals surface area contributed by atoms with Gasteiger partial charge in [-0.05, 0) is 36.4 Å². The number of benzene rings is 2. The van der Waals surface area contributed by atoms with Crippen LogP contribution in [0.5, 0.6) is 5.75 Å². The Balaban J connectivity index is 1.66. The van der Waals surface area contributed by atoms with Gasteiger partial charge < -0.3 is 15.0 Å². The van der Waals surface area contributed by atoms with Crippen LogP contribution in [0.3, 0.4) is 0 Å². The molecule has 158 valence electrons. The van der Waals surface area contributed by atoms with E-state index in [9.17, 15) is 22.8 Å². The molecule has 0 aromatic heterocycles. The van der Waals surface area contributed by atoms with Crippen LogP contribution < -0.4 is 19.7 Å². The number of carbonyl (C=O) groups is 3. The van der Waals surface area contributed by atoms with Gasteiger partial charge in [0.15, 0.2) is 0 Å². The number of hydrogen-bond donors (Lipinski definition) is 2. The van der Waals surface area contributed by atoms with Crippen LogP contribution in [0.2, 0.25) is 0 Å². The van der Waals surface area contributed by atoms with E-state index in [1.54, 1.807) is 24.3 Å². The van der Waals surface area contributed by atoms with Crippen molar-refractivity contribution in [2.75, 3.05) is 23.9 Å². The average molecular weight is 431 g/mol. The summed E-state index contributed by atoms with van der Waals surface area (Å²) in [6.07, 6.45) is 0.0675. The van der Waals surface area contributed by atoms with Gasteiger partial charge in [-0.15, -0.1) is 0 Å². The zero-order valence-corrected chi connectivity index (χ0v) is 17.2. The predicted octanol–water partition coefficient (Wildman–Crippen LogP) is 1.51. The van der Waals surface area contributed by atoms with E-state index in [4.69, 9.17) is 4.74 Å². The zero-order chi connectivity index (χ0) is 21.9. The first-order valence-electron chi connectivity index (χ1n) is 9.08. The lowest BCUT2D eigenvalue weighted by atomic mass is 10.1. The maximum atomic E-state index is 12.6. The van der Waals surface area contributed by atoms with Crippen LogP contribution in [-0.2, 0) is 24.4 Å². The first-order valence-corrected chi connectivity index (χ1v) is 10.6. The zero-order valence-electron chi connectivity index (χ0n) is 16.4. The van der Waals surface area contributed by atoms with Crippen molar-refractivity contribution in [3.8, 4) is 5.75 Å². The molecule has 1 unspecified atom stereocenters. The van der Waals surface area contributed by atoms with Crippen molar-refractivity contribution in [1.82, 2.24) is 4.72 Å². The molecule has 2 N–H and O–H groups in total. The Morgan fingerprint density at radius 3 is 2.47 bits per heavy atom. The molecule has 2 aromatic carbocycles. The molecule has 0 spiro atoms. The second kappa shape index (κ2) is 8.54. The van der Waals surface area contributed by atoms with Gasteiger partial charge in [0.2, 0.25) is 17.7 Å². The molecule has 1 saturated heterocycles. The fraction of sp³-hybridized carbons (Fsp3) is 0.250. The third-order valence-electron chi connectivity index (χ3n) is 4.57. The molecule has 0 aliphatic carbocycles. The van der Waals surface area contributed by atoms with Gasteiger partial charge >= 0.3 is 0 Å². The monoisotopic (exact) mass is 431 g/mol. The van der Waals surface area contributed by atoms with Crippen molar-refractivity contribution >= 4 is 39.1 Å². The number of anilines is 2. The first kappa shape index (κ1) is 21.3. The minimum atomic E-state index is -3.95. The molecular formula is C20H21N3O6S. The summed E-state index contributed by atoms with van der Waals surface area (Å²) in [6.45, 7) is 1.33. The third kappa shape index (κ3) is 4.77. The third-order valence-corrected chi connectivity index (χ3v) is 6.02. The van der Waals surface area contributed by atoms with Crippen molar-refractivity contribution in [3.63, 3.8) is 0 Å². The fourth-order valence-corrected chi connectivity index (χ4v) is 4.11. The number of carbonyl (C=O) groups excluding carboxylic acids is 3. The molecule has 9 nitrogen and oxygen atoms in total. The summed E-state index contributed by atoms with van der Waals surface area (Å²) in [5.41, 5.74) is 1.04. The normalized spacial score (nSPS) is 16.3. The van der Waals surface area contributed by atoms with Gasteiger partial charge in [-0.2, -0.15) is 0 Å². The maximum absolute atomic E-state index is 12.6. The molecule has 0 radical (unpaired) electrons. The van der Waals surface area contributed by atoms with E-state index >= 15 is 0 Å². The lowest BCUT2D eigenvalue weighted by Crippen LogP contribution is -2.28. The Hall–Kier alpha value is -3.40. The largest absolute Gasteiger partial charge is 0.497 e. The highest BCUT2D eigenvalue weighted by atomic mass is 32.2. The number of nitrogens with one attached hydrogen (secondary N) is 2. The van der Waals surface area contributed by atoms with Crippen molar-refractivity contribution in [2.24, 2.45) is 5.92 Å². The fourth-order valence-electron chi connectivity index (χ4n) is 3.12. The standard InChI is InChI=1S/C20H21N3O6S/c1-13(24)22-30(27,28)18-8-6-15(7-9-18)21-20(26)14-10-19(25)23(12-14)16-4-3-5-17(11-16)29-2/h3-9,11,14H,10,12H2,1-2H3,(H,21,26)(H,22,24). The highest BCUT2D eigenvalue weighted by molar-refractivity contribution is 7.90. The van der Waals surface area contributed by atoms with Crippen LogP contribution in [0, 0.1) is 5.92 Å². The number of methoxy groups -OCH3 is 1. The SMILES string of the molecule is COc1cccc(N2CC(C(=O)Nc3ccc(S(=O)(=O)NC(C)=O)cc3)CC2=O)c1. The van der Waals surface area contributed by atoms with E-state index in [-0.39, 0.29) is 29.7 Å². The number of amides is 3. The summed E-state index contributed by atoms with van der Waals surface area (Å²) < 4.78 is 31.0. The highest BCUT2D eigenvalue weighted by Crippen LogP contribution is 2.28. The van der Waals surface area contributed by atoms with E-state index in [0.29, 0.717) is 17.1 Å². The molecule has 10 heteroatoms. The Bertz CT molecular complexity index is 1080. The van der Waals surface area contributed by atoms with Crippen molar-refractivity contribution in [1.29, 1.82) is 0 Å². The molecule has 1 fully saturated rings. The predicted molar refractivity (Wildman–Crippen MR) is 110 cm³/mol. The Morgan fingerprint density at radius 2 is 1.83 bits per heavy atom. The summed E-state index contributed by atoms with van der Waals surface area (Å²) in [6, 6.07) is 12.4. The molecule has 1 aliphatic heterocycles. The quantitative estimate of drug-likeness (QED) is 0.715. The molecule has 1 atom stereocenters. The second-order valence-electron chi connectivity index (χ2n) is 6.78. The van der Waals surface area contributed by atoms with Crippen molar-refractivity contribution in [2.45, 2.75) is 18.2 Å². The van der Waals surface area contributed by atoms with Gasteiger partial charge in [0.05, 0.1) is 17.9 Å². The minimum absolute atomic E-state index is 0.0675. The molecule has 0 bridgehead atoms. The number of sulfonamides is 1. The lowest BCUT2D eigenvalue weighted by molar-refractivity contribution is -0.122. The lowest BCUT2D eigenvalue weighted by Gasteiger charge is -2.17. The van der Waals surface area contributed by atoms with Crippen LogP contribution in [-0.4, -0.2) is 39.8 Å². The van der Waals surface area contributed by atoms with Crippen LogP contribution >= 0.6 is 0 Å². The summed E-state index contributed by atoms with van der Waals surface area (Å²) in [7, 11) is -2.41. The molecular weight excluding hydrogens is 410 g/mol. The topological polar surface area (TPSA) is 122 Å². The van der Waals surface area contributed by atoms with Crippen LogP contribution in [0.25, 0.3) is 0 Å². The van der Waals surface area contributed by atoms with Crippen molar-refractivity contribution in [3.05, 3.63) is 48.5 Å². The second-order valence-corrected chi connectivity index (χ2v) is 8.46. The number of nitrogens with zero attached hydrogens (tertiary/aromatic N) is 1. The maximum Gasteiger partial charge on any atom is 0.264 e. The van der Waals surface area contributed by atoms with Gasteiger partial charge in [-0.3, -0.25) is 14.4 Å². The van der Waals surface area contributed by atoms with Gasteiger partial charge in [0, 0.05) is 37.3 Å². The van der Waals surface area contributed by atoms with Gasteiger partial charge in [0.25, 0.3) is 10.0 Å². The van der Waals surface area contributed by atoms with E-state index in [1.165, 1.54) is 36.3 Å². The van der Waals surface area contributed by atoms with E-state index < -0.39 is 21.8 Å². The molecule has 30 heavy (non-hydrogen) atoms. The molecule has 2 aromatic rings. The summed E-state index contributed by atoms with van der Waals surface area (Å²) in [5.74, 6) is -1.14. The van der Waals surface area contributed by atoms with E-state index in [0.717, 1.165) is 6.92 Å². The van der Waals surface area contributed by atoms with Gasteiger partial charge in [-0.25, -0.2) is 13.1 Å². The van der Waals surface area contributed by atoms with Crippen LogP contribution in [0.15, 0.2) is 53.4 Å². The summed E-state index contributed by atoms with van der Waals surface area (Å²) in [4.78, 5) is 37.4.